The van der Waals surface area contributed by atoms with Crippen molar-refractivity contribution >= 4 is 22.6 Å². The molecule has 2 aliphatic heterocycles. The van der Waals surface area contributed by atoms with E-state index in [2.05, 4.69) is 4.90 Å². The highest BCUT2D eigenvalue weighted by atomic mass is 32.2. The van der Waals surface area contributed by atoms with E-state index in [9.17, 15) is 8.78 Å². The monoisotopic (exact) mass is 292 g/mol. The third-order valence-corrected chi connectivity index (χ3v) is 5.11. The van der Waals surface area contributed by atoms with Gasteiger partial charge in [-0.3, -0.25) is 4.99 Å². The molecule has 0 saturated heterocycles. The van der Waals surface area contributed by atoms with Crippen molar-refractivity contribution in [2.24, 2.45) is 4.99 Å². The summed E-state index contributed by atoms with van der Waals surface area (Å²) >= 11 is 1.59. The van der Waals surface area contributed by atoms with Crippen LogP contribution in [-0.4, -0.2) is 22.2 Å². The number of aliphatic imine (C=N–C) groups is 1. The van der Waals surface area contributed by atoms with Crippen LogP contribution in [0.25, 0.3) is 5.70 Å². The average molecular weight is 292 g/mol. The zero-order chi connectivity index (χ0) is 13.7. The molecule has 1 saturated carbocycles. The lowest BCUT2D eigenvalue weighted by Gasteiger charge is -2.32. The Kier molecular flexibility index (Phi) is 2.84. The van der Waals surface area contributed by atoms with Crippen molar-refractivity contribution in [2.45, 2.75) is 37.8 Å². The number of hydrogen-bond donors (Lipinski definition) is 0. The van der Waals surface area contributed by atoms with E-state index in [4.69, 9.17) is 4.99 Å². The molecule has 1 fully saturated rings. The standard InChI is InChI=1S/C15H14F2N2S/c16-10-6-5-9(7-11(10)17)14-8-20-15-18-12-3-1-2-4-13(12)19(14)15/h5-8,12-13H,1-4H2/t12-,13-/m0/s1. The molecule has 1 aromatic carbocycles. The first kappa shape index (κ1) is 12.4. The summed E-state index contributed by atoms with van der Waals surface area (Å²) in [6.07, 6.45) is 4.71. The molecule has 0 spiro atoms. The zero-order valence-electron chi connectivity index (χ0n) is 10.9. The van der Waals surface area contributed by atoms with Crippen LogP contribution < -0.4 is 0 Å². The largest absolute Gasteiger partial charge is 0.315 e. The van der Waals surface area contributed by atoms with Crippen molar-refractivity contribution in [2.75, 3.05) is 0 Å². The Bertz CT molecular complexity index is 626. The number of halogens is 2. The van der Waals surface area contributed by atoms with Gasteiger partial charge in [-0.15, -0.1) is 0 Å². The Labute approximate surface area is 120 Å². The van der Waals surface area contributed by atoms with Crippen LogP contribution in [0.4, 0.5) is 8.78 Å². The molecular formula is C15H14F2N2S. The lowest BCUT2D eigenvalue weighted by Crippen LogP contribution is -2.38. The Balaban J connectivity index is 1.69. The van der Waals surface area contributed by atoms with Gasteiger partial charge in [0.05, 0.1) is 17.8 Å². The average Bonchev–Trinajstić information content (AvgIpc) is 3.00. The second-order valence-electron chi connectivity index (χ2n) is 5.45. The van der Waals surface area contributed by atoms with Crippen molar-refractivity contribution in [1.82, 2.24) is 4.90 Å². The number of benzene rings is 1. The summed E-state index contributed by atoms with van der Waals surface area (Å²) in [5.41, 5.74) is 1.69. The predicted octanol–water partition coefficient (Wildman–Crippen LogP) is 3.99. The van der Waals surface area contributed by atoms with Crippen molar-refractivity contribution in [3.63, 3.8) is 0 Å². The Morgan fingerprint density at radius 3 is 2.85 bits per heavy atom. The predicted molar refractivity (Wildman–Crippen MR) is 77.2 cm³/mol. The Morgan fingerprint density at radius 2 is 2.00 bits per heavy atom. The highest BCUT2D eigenvalue weighted by molar-refractivity contribution is 8.16. The van der Waals surface area contributed by atoms with E-state index in [1.807, 2.05) is 5.41 Å². The summed E-state index contributed by atoms with van der Waals surface area (Å²) in [5, 5.41) is 3.01. The van der Waals surface area contributed by atoms with Gasteiger partial charge in [-0.2, -0.15) is 0 Å². The van der Waals surface area contributed by atoms with Gasteiger partial charge in [0, 0.05) is 11.0 Å². The smallest absolute Gasteiger partial charge is 0.168 e. The minimum Gasteiger partial charge on any atom is -0.315 e. The van der Waals surface area contributed by atoms with Crippen LogP contribution in [0.2, 0.25) is 0 Å². The molecule has 0 unspecified atom stereocenters. The maximum absolute atomic E-state index is 13.5. The second-order valence-corrected chi connectivity index (χ2v) is 6.29. The van der Waals surface area contributed by atoms with Crippen LogP contribution in [-0.2, 0) is 0 Å². The summed E-state index contributed by atoms with van der Waals surface area (Å²) in [5.74, 6) is -1.59. The summed E-state index contributed by atoms with van der Waals surface area (Å²) < 4.78 is 26.5. The van der Waals surface area contributed by atoms with E-state index in [0.717, 1.165) is 29.3 Å². The molecule has 20 heavy (non-hydrogen) atoms. The minimum atomic E-state index is -0.800. The molecule has 0 radical (unpaired) electrons. The highest BCUT2D eigenvalue weighted by Crippen LogP contribution is 2.44. The molecule has 2 heterocycles. The summed E-state index contributed by atoms with van der Waals surface area (Å²) in [6, 6.07) is 4.89. The molecule has 1 aliphatic carbocycles. The number of rotatable bonds is 1. The Hall–Kier alpha value is -1.36. The number of hydrogen-bond acceptors (Lipinski definition) is 3. The van der Waals surface area contributed by atoms with Crippen LogP contribution in [0.1, 0.15) is 31.2 Å². The van der Waals surface area contributed by atoms with Gasteiger partial charge >= 0.3 is 0 Å². The molecule has 2 nitrogen and oxygen atoms in total. The summed E-state index contributed by atoms with van der Waals surface area (Å²) in [7, 11) is 0. The molecule has 3 aliphatic rings. The number of nitrogens with zero attached hydrogens (tertiary/aromatic N) is 2. The summed E-state index contributed by atoms with van der Waals surface area (Å²) in [6.45, 7) is 0. The molecule has 0 N–H and O–H groups in total. The van der Waals surface area contributed by atoms with E-state index in [0.29, 0.717) is 12.1 Å². The van der Waals surface area contributed by atoms with Crippen LogP contribution in [0.3, 0.4) is 0 Å². The third-order valence-electron chi connectivity index (χ3n) is 4.26. The first-order chi connectivity index (χ1) is 9.74. The van der Waals surface area contributed by atoms with Crippen molar-refractivity contribution in [1.29, 1.82) is 0 Å². The molecule has 2 atom stereocenters. The van der Waals surface area contributed by atoms with Crippen LogP contribution in [0, 0.1) is 11.6 Å². The number of thioether (sulfide) groups is 1. The van der Waals surface area contributed by atoms with E-state index in [-0.39, 0.29) is 0 Å². The topological polar surface area (TPSA) is 15.6 Å². The van der Waals surface area contributed by atoms with Gasteiger partial charge in [0.25, 0.3) is 0 Å². The molecule has 0 aromatic heterocycles. The lowest BCUT2D eigenvalue weighted by molar-refractivity contribution is 0.305. The van der Waals surface area contributed by atoms with Gasteiger partial charge in [0.2, 0.25) is 0 Å². The third kappa shape index (κ3) is 1.79. The molecule has 4 rings (SSSR count). The molecule has 104 valence electrons. The molecule has 0 amide bonds. The van der Waals surface area contributed by atoms with E-state index < -0.39 is 11.6 Å². The number of fused-ring (bicyclic) bond motifs is 3. The van der Waals surface area contributed by atoms with Gasteiger partial charge in [-0.05, 0) is 31.0 Å². The molecule has 1 aromatic rings. The molecule has 0 bridgehead atoms. The molecular weight excluding hydrogens is 278 g/mol. The van der Waals surface area contributed by atoms with E-state index in [1.165, 1.54) is 25.0 Å². The van der Waals surface area contributed by atoms with Gasteiger partial charge in [0.1, 0.15) is 0 Å². The fourth-order valence-corrected chi connectivity index (χ4v) is 4.30. The van der Waals surface area contributed by atoms with E-state index in [1.54, 1.807) is 17.8 Å². The quantitative estimate of drug-likeness (QED) is 0.777. The van der Waals surface area contributed by atoms with Crippen LogP contribution >= 0.6 is 11.8 Å². The second kappa shape index (κ2) is 4.58. The maximum Gasteiger partial charge on any atom is 0.168 e. The van der Waals surface area contributed by atoms with Gasteiger partial charge in [-0.1, -0.05) is 24.6 Å². The first-order valence-electron chi connectivity index (χ1n) is 6.93. The summed E-state index contributed by atoms with van der Waals surface area (Å²) in [4.78, 5) is 7.00. The van der Waals surface area contributed by atoms with Gasteiger partial charge in [0.15, 0.2) is 16.8 Å². The van der Waals surface area contributed by atoms with Crippen molar-refractivity contribution in [3.8, 4) is 0 Å². The highest BCUT2D eigenvalue weighted by Gasteiger charge is 2.42. The van der Waals surface area contributed by atoms with Crippen molar-refractivity contribution < 1.29 is 8.78 Å². The fourth-order valence-electron chi connectivity index (χ4n) is 3.29. The van der Waals surface area contributed by atoms with Crippen LogP contribution in [0.15, 0.2) is 28.6 Å². The van der Waals surface area contributed by atoms with Gasteiger partial charge < -0.3 is 4.90 Å². The zero-order valence-corrected chi connectivity index (χ0v) is 11.7. The molecule has 5 heteroatoms. The van der Waals surface area contributed by atoms with E-state index >= 15 is 0 Å². The minimum absolute atomic E-state index is 0.375. The fraction of sp³-hybridized carbons (Fsp3) is 0.400. The normalized spacial score (nSPS) is 28.0. The number of amidine groups is 1. The SMILES string of the molecule is Fc1ccc(C2=CSC3=N[C@H]4CCCC[C@@H]4N23)cc1F. The Morgan fingerprint density at radius 1 is 1.15 bits per heavy atom. The maximum atomic E-state index is 13.5. The van der Waals surface area contributed by atoms with Crippen LogP contribution in [0.5, 0.6) is 0 Å². The van der Waals surface area contributed by atoms with Crippen molar-refractivity contribution in [3.05, 3.63) is 40.8 Å². The lowest BCUT2D eigenvalue weighted by atomic mass is 9.90. The first-order valence-corrected chi connectivity index (χ1v) is 7.81. The van der Waals surface area contributed by atoms with Gasteiger partial charge in [-0.25, -0.2) is 8.78 Å².